The summed E-state index contributed by atoms with van der Waals surface area (Å²) in [5.74, 6) is 0.264. The van der Waals surface area contributed by atoms with Gasteiger partial charge in [-0.05, 0) is 26.0 Å². The zero-order valence-corrected chi connectivity index (χ0v) is 15.6. The summed E-state index contributed by atoms with van der Waals surface area (Å²) in [6.07, 6.45) is 2.18. The number of aryl methyl sites for hydroxylation is 2. The first-order chi connectivity index (χ1) is 11.9. The number of rotatable bonds is 6. The van der Waals surface area contributed by atoms with Gasteiger partial charge in [0.1, 0.15) is 7.11 Å². The monoisotopic (exact) mass is 380 g/mol. The van der Waals surface area contributed by atoms with Gasteiger partial charge in [0.15, 0.2) is 5.82 Å². The van der Waals surface area contributed by atoms with Crippen LogP contribution < -0.4 is 5.32 Å². The SMILES string of the molecule is CON=C(CCC(=O)Nc1ncc(C)nc1C)c1ccc(Cl)c(Cl)c1. The van der Waals surface area contributed by atoms with E-state index >= 15 is 0 Å². The van der Waals surface area contributed by atoms with Gasteiger partial charge < -0.3 is 10.2 Å². The van der Waals surface area contributed by atoms with Gasteiger partial charge in [-0.3, -0.25) is 9.78 Å². The Morgan fingerprint density at radius 2 is 2.00 bits per heavy atom. The van der Waals surface area contributed by atoms with E-state index in [4.69, 9.17) is 28.0 Å². The maximum absolute atomic E-state index is 12.2. The number of carbonyl (C=O) groups is 1. The highest BCUT2D eigenvalue weighted by Gasteiger charge is 2.12. The number of carbonyl (C=O) groups excluding carboxylic acids is 1. The van der Waals surface area contributed by atoms with Crippen LogP contribution in [0.15, 0.2) is 29.6 Å². The second-order valence-electron chi connectivity index (χ2n) is 5.34. The van der Waals surface area contributed by atoms with Crippen LogP contribution in [0.3, 0.4) is 0 Å². The van der Waals surface area contributed by atoms with Crippen molar-refractivity contribution in [3.8, 4) is 0 Å². The highest BCUT2D eigenvalue weighted by atomic mass is 35.5. The number of hydrogen-bond acceptors (Lipinski definition) is 5. The Kier molecular flexibility index (Phi) is 6.73. The highest BCUT2D eigenvalue weighted by molar-refractivity contribution is 6.42. The zero-order valence-electron chi connectivity index (χ0n) is 14.1. The van der Waals surface area contributed by atoms with E-state index in [0.29, 0.717) is 33.7 Å². The molecule has 1 aromatic carbocycles. The van der Waals surface area contributed by atoms with Crippen molar-refractivity contribution < 1.29 is 9.63 Å². The fraction of sp³-hybridized carbons (Fsp3) is 0.294. The Bertz CT molecular complexity index is 809. The first kappa shape index (κ1) is 19.1. The van der Waals surface area contributed by atoms with Crippen molar-refractivity contribution in [1.29, 1.82) is 0 Å². The van der Waals surface area contributed by atoms with E-state index in [-0.39, 0.29) is 12.3 Å². The van der Waals surface area contributed by atoms with E-state index in [1.54, 1.807) is 31.3 Å². The van der Waals surface area contributed by atoms with E-state index in [1.165, 1.54) is 7.11 Å². The number of hydrogen-bond donors (Lipinski definition) is 1. The average molecular weight is 381 g/mol. The molecule has 2 rings (SSSR count). The van der Waals surface area contributed by atoms with Crippen LogP contribution in [0.25, 0.3) is 0 Å². The van der Waals surface area contributed by atoms with Gasteiger partial charge in [0.2, 0.25) is 5.91 Å². The van der Waals surface area contributed by atoms with Crippen molar-refractivity contribution in [2.45, 2.75) is 26.7 Å². The molecule has 0 saturated heterocycles. The van der Waals surface area contributed by atoms with Crippen LogP contribution in [0, 0.1) is 13.8 Å². The van der Waals surface area contributed by atoms with Crippen LogP contribution in [0.2, 0.25) is 10.0 Å². The smallest absolute Gasteiger partial charge is 0.225 e. The molecule has 1 aromatic heterocycles. The Hall–Kier alpha value is -2.18. The molecule has 0 bridgehead atoms. The molecular weight excluding hydrogens is 363 g/mol. The number of halogens is 2. The molecule has 6 nitrogen and oxygen atoms in total. The van der Waals surface area contributed by atoms with Gasteiger partial charge in [-0.15, -0.1) is 0 Å². The third-order valence-corrected chi connectivity index (χ3v) is 4.11. The van der Waals surface area contributed by atoms with E-state index in [0.717, 1.165) is 11.3 Å². The molecule has 0 unspecified atom stereocenters. The summed E-state index contributed by atoms with van der Waals surface area (Å²) in [6.45, 7) is 3.64. The third kappa shape index (κ3) is 5.41. The van der Waals surface area contributed by atoms with E-state index < -0.39 is 0 Å². The quantitative estimate of drug-likeness (QED) is 0.602. The topological polar surface area (TPSA) is 76.5 Å². The normalized spacial score (nSPS) is 11.3. The number of benzene rings is 1. The Morgan fingerprint density at radius 1 is 1.24 bits per heavy atom. The minimum atomic E-state index is -0.190. The Morgan fingerprint density at radius 3 is 2.64 bits per heavy atom. The summed E-state index contributed by atoms with van der Waals surface area (Å²) in [4.78, 5) is 25.5. The molecule has 2 aromatic rings. The molecule has 0 aliphatic heterocycles. The van der Waals surface area contributed by atoms with Crippen LogP contribution in [0.4, 0.5) is 5.82 Å². The Balaban J connectivity index is 2.04. The van der Waals surface area contributed by atoms with E-state index in [9.17, 15) is 4.79 Å². The molecule has 0 fully saturated rings. The van der Waals surface area contributed by atoms with Gasteiger partial charge >= 0.3 is 0 Å². The first-order valence-corrected chi connectivity index (χ1v) is 8.32. The number of anilines is 1. The molecule has 0 radical (unpaired) electrons. The standard InChI is InChI=1S/C17H18Cl2N4O2/c1-10-9-20-17(11(2)21-10)22-16(24)7-6-15(23-25-3)12-4-5-13(18)14(19)8-12/h4-5,8-9H,6-7H2,1-3H3,(H,20,22,24). The molecule has 0 aliphatic rings. The van der Waals surface area contributed by atoms with Crippen LogP contribution in [-0.4, -0.2) is 28.7 Å². The first-order valence-electron chi connectivity index (χ1n) is 7.56. The minimum absolute atomic E-state index is 0.190. The second kappa shape index (κ2) is 8.78. The summed E-state index contributed by atoms with van der Waals surface area (Å²) in [5.41, 5.74) is 2.81. The Labute approximate surface area is 156 Å². The van der Waals surface area contributed by atoms with Gasteiger partial charge in [0, 0.05) is 18.4 Å². The van der Waals surface area contributed by atoms with Crippen molar-refractivity contribution in [3.05, 3.63) is 51.4 Å². The fourth-order valence-corrected chi connectivity index (χ4v) is 2.47. The van der Waals surface area contributed by atoms with Crippen LogP contribution in [0.1, 0.15) is 29.8 Å². The lowest BCUT2D eigenvalue weighted by atomic mass is 10.1. The lowest BCUT2D eigenvalue weighted by molar-refractivity contribution is -0.116. The summed E-state index contributed by atoms with van der Waals surface area (Å²) in [6, 6.07) is 5.14. The van der Waals surface area contributed by atoms with E-state index in [2.05, 4.69) is 20.4 Å². The molecule has 1 N–H and O–H groups in total. The number of aromatic nitrogens is 2. The lowest BCUT2D eigenvalue weighted by Crippen LogP contribution is -2.16. The molecule has 0 atom stereocenters. The largest absolute Gasteiger partial charge is 0.399 e. The number of nitrogens with zero attached hydrogens (tertiary/aromatic N) is 3. The van der Waals surface area contributed by atoms with Gasteiger partial charge in [-0.2, -0.15) is 0 Å². The van der Waals surface area contributed by atoms with Gasteiger partial charge in [0.05, 0.1) is 33.3 Å². The molecule has 1 amide bonds. The number of nitrogens with one attached hydrogen (secondary N) is 1. The van der Waals surface area contributed by atoms with Crippen molar-refractivity contribution >= 4 is 40.6 Å². The van der Waals surface area contributed by atoms with Gasteiger partial charge in [-0.1, -0.05) is 34.4 Å². The molecule has 132 valence electrons. The lowest BCUT2D eigenvalue weighted by Gasteiger charge is -2.09. The van der Waals surface area contributed by atoms with Crippen molar-refractivity contribution in [2.75, 3.05) is 12.4 Å². The number of oxime groups is 1. The molecule has 0 saturated carbocycles. The summed E-state index contributed by atoms with van der Waals surface area (Å²) in [5, 5.41) is 7.60. The van der Waals surface area contributed by atoms with Crippen LogP contribution in [0.5, 0.6) is 0 Å². The maximum atomic E-state index is 12.2. The fourth-order valence-electron chi connectivity index (χ4n) is 2.18. The summed E-state index contributed by atoms with van der Waals surface area (Å²) < 4.78 is 0. The second-order valence-corrected chi connectivity index (χ2v) is 6.16. The van der Waals surface area contributed by atoms with Crippen molar-refractivity contribution in [2.24, 2.45) is 5.16 Å². The van der Waals surface area contributed by atoms with Crippen molar-refractivity contribution in [3.63, 3.8) is 0 Å². The molecule has 8 heteroatoms. The summed E-state index contributed by atoms with van der Waals surface area (Å²) in [7, 11) is 1.45. The maximum Gasteiger partial charge on any atom is 0.225 e. The number of amides is 1. The van der Waals surface area contributed by atoms with E-state index in [1.807, 2.05) is 6.92 Å². The third-order valence-electron chi connectivity index (χ3n) is 3.37. The van der Waals surface area contributed by atoms with Crippen LogP contribution in [-0.2, 0) is 9.63 Å². The van der Waals surface area contributed by atoms with Gasteiger partial charge in [-0.25, -0.2) is 4.98 Å². The van der Waals surface area contributed by atoms with Gasteiger partial charge in [0.25, 0.3) is 0 Å². The molecule has 25 heavy (non-hydrogen) atoms. The minimum Gasteiger partial charge on any atom is -0.399 e. The van der Waals surface area contributed by atoms with Crippen LogP contribution >= 0.6 is 23.2 Å². The average Bonchev–Trinajstić information content (AvgIpc) is 2.56. The predicted octanol–water partition coefficient (Wildman–Crippen LogP) is 4.17. The molecule has 0 aliphatic carbocycles. The molecular formula is C17H18Cl2N4O2. The molecule has 0 spiro atoms. The summed E-state index contributed by atoms with van der Waals surface area (Å²) >= 11 is 12.0. The predicted molar refractivity (Wildman–Crippen MR) is 99.4 cm³/mol. The zero-order chi connectivity index (χ0) is 18.4. The van der Waals surface area contributed by atoms with Crippen molar-refractivity contribution in [1.82, 2.24) is 9.97 Å². The molecule has 1 heterocycles. The highest BCUT2D eigenvalue weighted by Crippen LogP contribution is 2.24.